The number of nitrogens with two attached hydrogens (primary N) is 2. The summed E-state index contributed by atoms with van der Waals surface area (Å²) in [6, 6.07) is 1.60. The molecular formula is C31H34ClF4N9O4. The summed E-state index contributed by atoms with van der Waals surface area (Å²) < 4.78 is 71.8. The Labute approximate surface area is 283 Å². The maximum absolute atomic E-state index is 16.7. The van der Waals surface area contributed by atoms with Gasteiger partial charge in [0, 0.05) is 23.4 Å². The molecular weight excluding hydrogens is 674 g/mol. The molecule has 49 heavy (non-hydrogen) atoms. The molecule has 0 radical (unpaired) electrons. The number of halogens is 5. The molecule has 262 valence electrons. The Morgan fingerprint density at radius 2 is 1.94 bits per heavy atom. The number of alkyl halides is 3. The first-order valence-electron chi connectivity index (χ1n) is 15.1. The fourth-order valence-electron chi connectivity index (χ4n) is 6.24. The molecule has 13 nitrogen and oxygen atoms in total. The van der Waals surface area contributed by atoms with Crippen molar-refractivity contribution in [2.75, 3.05) is 43.2 Å². The van der Waals surface area contributed by atoms with Crippen LogP contribution in [0.1, 0.15) is 49.6 Å². The maximum Gasteiger partial charge on any atom is 0.418 e. The van der Waals surface area contributed by atoms with Crippen LogP contribution in [-0.2, 0) is 11.0 Å². The van der Waals surface area contributed by atoms with E-state index >= 15 is 4.39 Å². The van der Waals surface area contributed by atoms with Crippen molar-refractivity contribution >= 4 is 46.4 Å². The standard InChI is InChI=1S/C30H32ClF4N9O2.CH2O2/c1-13-11-45-28-21-25(23(32)24(40-28)19-9-20(36)39-14(2)22(19)30(33,34)35)41-29(46-12-17-6-5-7-43(17)4)42-27(21)44(13)15(3)18-8-16(31)10-38-26(18)37;2-1-3/h8-10,13,15,17H,5-7,11-12H2,1-4H3,(H2,36,39)(H2,37,38);1H,(H,2,3)/t13-,15+,17-;/m0./s1. The van der Waals surface area contributed by atoms with Gasteiger partial charge in [-0.3, -0.25) is 4.79 Å². The highest BCUT2D eigenvalue weighted by Gasteiger charge is 2.40. The van der Waals surface area contributed by atoms with Crippen LogP contribution in [0.15, 0.2) is 18.3 Å². The van der Waals surface area contributed by atoms with Gasteiger partial charge >= 0.3 is 12.2 Å². The molecule has 0 unspecified atom stereocenters. The Morgan fingerprint density at radius 3 is 2.59 bits per heavy atom. The molecule has 1 saturated heterocycles. The van der Waals surface area contributed by atoms with Crippen molar-refractivity contribution in [3.05, 3.63) is 46.0 Å². The first-order chi connectivity index (χ1) is 23.2. The van der Waals surface area contributed by atoms with E-state index in [0.29, 0.717) is 10.6 Å². The van der Waals surface area contributed by atoms with E-state index in [4.69, 9.17) is 47.4 Å². The number of likely N-dealkylation sites (N-methyl/N-ethyl adjacent to an activating group) is 1. The number of rotatable bonds is 6. The predicted molar refractivity (Wildman–Crippen MR) is 174 cm³/mol. The number of likely N-dealkylation sites (tertiary alicyclic amines) is 1. The summed E-state index contributed by atoms with van der Waals surface area (Å²) in [7, 11) is 1.98. The molecule has 0 aliphatic carbocycles. The Hall–Kier alpha value is -4.77. The highest BCUT2D eigenvalue weighted by atomic mass is 35.5. The van der Waals surface area contributed by atoms with E-state index in [1.807, 2.05) is 25.8 Å². The lowest BCUT2D eigenvalue weighted by molar-refractivity contribution is -0.137. The Balaban J connectivity index is 0.00000151. The predicted octanol–water partition coefficient (Wildman–Crippen LogP) is 5.29. The van der Waals surface area contributed by atoms with Gasteiger partial charge in [0.25, 0.3) is 6.47 Å². The zero-order valence-electron chi connectivity index (χ0n) is 26.9. The van der Waals surface area contributed by atoms with Crippen LogP contribution in [-0.4, -0.2) is 80.3 Å². The van der Waals surface area contributed by atoms with Crippen LogP contribution in [0, 0.1) is 12.7 Å². The maximum atomic E-state index is 16.7. The quantitative estimate of drug-likeness (QED) is 0.174. The van der Waals surface area contributed by atoms with Crippen LogP contribution < -0.4 is 25.8 Å². The molecule has 3 atom stereocenters. The molecule has 1 fully saturated rings. The molecule has 0 aromatic carbocycles. The number of aromatic nitrogens is 5. The zero-order chi connectivity index (χ0) is 35.8. The first-order valence-corrected chi connectivity index (χ1v) is 15.5. The molecule has 4 aromatic heterocycles. The van der Waals surface area contributed by atoms with Crippen molar-refractivity contribution < 1.29 is 36.9 Å². The van der Waals surface area contributed by atoms with Crippen molar-refractivity contribution in [2.45, 2.75) is 57.9 Å². The highest BCUT2D eigenvalue weighted by Crippen LogP contribution is 2.46. The van der Waals surface area contributed by atoms with Crippen LogP contribution in [0.4, 0.5) is 35.0 Å². The largest absolute Gasteiger partial charge is 0.483 e. The van der Waals surface area contributed by atoms with Gasteiger partial charge in [-0.05, 0) is 59.3 Å². The van der Waals surface area contributed by atoms with Crippen LogP contribution in [0.5, 0.6) is 11.9 Å². The summed E-state index contributed by atoms with van der Waals surface area (Å²) in [6.45, 7) is 5.73. The lowest BCUT2D eigenvalue weighted by Crippen LogP contribution is -2.39. The number of anilines is 3. The van der Waals surface area contributed by atoms with Gasteiger partial charge in [0.05, 0.1) is 28.4 Å². The minimum atomic E-state index is -4.89. The van der Waals surface area contributed by atoms with Gasteiger partial charge in [-0.2, -0.15) is 23.1 Å². The second-order valence-electron chi connectivity index (χ2n) is 11.8. The summed E-state index contributed by atoms with van der Waals surface area (Å²) >= 11 is 6.27. The smallest absolute Gasteiger partial charge is 0.418 e. The van der Waals surface area contributed by atoms with Crippen molar-refractivity contribution in [1.29, 1.82) is 0 Å². The average molecular weight is 708 g/mol. The fraction of sp³-hybridized carbons (Fsp3) is 0.419. The molecule has 0 amide bonds. The zero-order valence-corrected chi connectivity index (χ0v) is 27.7. The third-order valence-corrected chi connectivity index (χ3v) is 8.72. The number of ether oxygens (including phenoxy) is 2. The average Bonchev–Trinajstić information content (AvgIpc) is 3.38. The van der Waals surface area contributed by atoms with Gasteiger partial charge in [0.1, 0.15) is 47.3 Å². The molecule has 6 rings (SSSR count). The van der Waals surface area contributed by atoms with Crippen molar-refractivity contribution in [1.82, 2.24) is 29.8 Å². The normalized spacial score (nSPS) is 18.3. The Bertz CT molecular complexity index is 1880. The number of carbonyl (C=O) groups is 1. The van der Waals surface area contributed by atoms with E-state index in [1.165, 1.54) is 6.20 Å². The van der Waals surface area contributed by atoms with Crippen molar-refractivity contribution in [3.63, 3.8) is 0 Å². The molecule has 4 aromatic rings. The van der Waals surface area contributed by atoms with Gasteiger partial charge in [-0.25, -0.2) is 19.3 Å². The van der Waals surface area contributed by atoms with E-state index in [2.05, 4.69) is 24.8 Å². The number of nitrogens with zero attached hydrogens (tertiary/aromatic N) is 7. The van der Waals surface area contributed by atoms with Crippen LogP contribution in [0.25, 0.3) is 22.2 Å². The van der Waals surface area contributed by atoms with Crippen LogP contribution in [0.2, 0.25) is 5.02 Å². The van der Waals surface area contributed by atoms with Gasteiger partial charge in [-0.1, -0.05) is 11.6 Å². The molecule has 5 N–H and O–H groups in total. The van der Waals surface area contributed by atoms with Crippen LogP contribution in [0.3, 0.4) is 0 Å². The van der Waals surface area contributed by atoms with E-state index < -0.39 is 46.6 Å². The highest BCUT2D eigenvalue weighted by molar-refractivity contribution is 6.30. The van der Waals surface area contributed by atoms with E-state index in [-0.39, 0.29) is 66.0 Å². The summed E-state index contributed by atoms with van der Waals surface area (Å²) in [5.74, 6) is -1.08. The SMILES string of the molecule is Cc1nc(N)cc(-c2nc3c4c(nc(OC[C@@H]5CCCN5C)nc4c2F)N([C@H](C)c2cc(Cl)cnc2N)[C@@H](C)CO3)c1C(F)(F)F.O=CO. The third kappa shape index (κ3) is 7.03. The minimum absolute atomic E-state index is 0.00840. The number of carboxylic acid groups (broad SMARTS) is 1. The van der Waals surface area contributed by atoms with E-state index in [1.54, 1.807) is 6.07 Å². The topological polar surface area (TPSA) is 179 Å². The molecule has 2 aliphatic rings. The molecule has 0 bridgehead atoms. The van der Waals surface area contributed by atoms with Gasteiger partial charge in [0.2, 0.25) is 5.88 Å². The summed E-state index contributed by atoms with van der Waals surface area (Å²) in [5, 5.41) is 7.31. The second kappa shape index (κ2) is 14.0. The number of aryl methyl sites for hydroxylation is 1. The minimum Gasteiger partial charge on any atom is -0.483 e. The van der Waals surface area contributed by atoms with Gasteiger partial charge in [-0.15, -0.1) is 0 Å². The van der Waals surface area contributed by atoms with Gasteiger partial charge in [0.15, 0.2) is 5.82 Å². The molecule has 0 spiro atoms. The number of hydrogen-bond donors (Lipinski definition) is 3. The van der Waals surface area contributed by atoms with Crippen molar-refractivity contribution in [2.24, 2.45) is 0 Å². The Morgan fingerprint density at radius 1 is 1.22 bits per heavy atom. The van der Waals surface area contributed by atoms with E-state index in [9.17, 15) is 13.2 Å². The van der Waals surface area contributed by atoms with Crippen molar-refractivity contribution in [3.8, 4) is 23.1 Å². The van der Waals surface area contributed by atoms with Crippen LogP contribution >= 0.6 is 11.6 Å². The summed E-state index contributed by atoms with van der Waals surface area (Å²) in [6.07, 6.45) is -1.58. The molecule has 0 saturated carbocycles. The lowest BCUT2D eigenvalue weighted by Gasteiger charge is -2.35. The van der Waals surface area contributed by atoms with E-state index in [0.717, 1.165) is 32.4 Å². The lowest BCUT2D eigenvalue weighted by atomic mass is 10.0. The van der Waals surface area contributed by atoms with Gasteiger partial charge < -0.3 is 35.8 Å². The third-order valence-electron chi connectivity index (χ3n) is 8.51. The molecule has 18 heteroatoms. The number of pyridine rings is 3. The summed E-state index contributed by atoms with van der Waals surface area (Å²) in [5.41, 5.74) is 9.51. The monoisotopic (exact) mass is 707 g/mol. The second-order valence-corrected chi connectivity index (χ2v) is 12.2. The molecule has 6 heterocycles. The first kappa shape index (κ1) is 35.5. The molecule has 2 aliphatic heterocycles. The fourth-order valence-corrected chi connectivity index (χ4v) is 6.41. The summed E-state index contributed by atoms with van der Waals surface area (Å²) in [4.78, 5) is 33.7. The Kier molecular flexibility index (Phi) is 10.1. The number of nitrogen functional groups attached to an aromatic ring is 2. The number of hydrogen-bond acceptors (Lipinski definition) is 12.